The molecule has 0 spiro atoms. The van der Waals surface area contributed by atoms with E-state index in [0.717, 1.165) is 11.1 Å². The Morgan fingerprint density at radius 1 is 0.567 bits per heavy atom. The number of ketones is 4. The van der Waals surface area contributed by atoms with Crippen LogP contribution in [-0.4, -0.2) is 37.4 Å². The highest BCUT2D eigenvalue weighted by atomic mass is 16.5. The Bertz CT molecular complexity index is 1090. The molecular formula is C24H18O6. The van der Waals surface area contributed by atoms with Crippen molar-refractivity contribution >= 4 is 23.1 Å². The lowest BCUT2D eigenvalue weighted by atomic mass is 9.43. The second-order valence-corrected chi connectivity index (χ2v) is 8.19. The van der Waals surface area contributed by atoms with Crippen LogP contribution in [0.15, 0.2) is 58.7 Å². The second kappa shape index (κ2) is 5.53. The molecule has 0 radical (unpaired) electrons. The molecule has 0 saturated heterocycles. The van der Waals surface area contributed by atoms with Crippen LogP contribution in [-0.2, 0) is 30.0 Å². The van der Waals surface area contributed by atoms with E-state index in [0.29, 0.717) is 33.8 Å². The van der Waals surface area contributed by atoms with Gasteiger partial charge in [-0.25, -0.2) is 0 Å². The van der Waals surface area contributed by atoms with Gasteiger partial charge in [-0.05, 0) is 83.7 Å². The van der Waals surface area contributed by atoms with Crippen molar-refractivity contribution in [3.05, 3.63) is 69.9 Å². The number of rotatable bonds is 2. The van der Waals surface area contributed by atoms with Crippen LogP contribution in [0.2, 0.25) is 0 Å². The van der Waals surface area contributed by atoms with Crippen molar-refractivity contribution in [2.24, 2.45) is 0 Å². The minimum Gasteiger partial charge on any atom is -0.493 e. The van der Waals surface area contributed by atoms with Crippen molar-refractivity contribution in [3.8, 4) is 11.5 Å². The van der Waals surface area contributed by atoms with Gasteiger partial charge in [0.2, 0.25) is 23.1 Å². The third-order valence-corrected chi connectivity index (χ3v) is 6.92. The van der Waals surface area contributed by atoms with E-state index in [4.69, 9.17) is 9.47 Å². The maximum absolute atomic E-state index is 12.3. The minimum atomic E-state index is -0.906. The molecule has 0 heterocycles. The van der Waals surface area contributed by atoms with E-state index in [9.17, 15) is 19.2 Å². The monoisotopic (exact) mass is 402 g/mol. The summed E-state index contributed by atoms with van der Waals surface area (Å²) in [6.07, 6.45) is 5.48. The molecule has 0 N–H and O–H groups in total. The molecule has 0 amide bonds. The molecule has 2 bridgehead atoms. The van der Waals surface area contributed by atoms with Crippen LogP contribution in [0.1, 0.15) is 25.0 Å². The molecule has 5 aliphatic rings. The van der Waals surface area contributed by atoms with E-state index in [2.05, 4.69) is 0 Å². The largest absolute Gasteiger partial charge is 0.493 e. The normalized spacial score (nSPS) is 28.7. The van der Waals surface area contributed by atoms with Crippen molar-refractivity contribution in [2.75, 3.05) is 14.2 Å². The summed E-state index contributed by atoms with van der Waals surface area (Å²) >= 11 is 0. The summed E-state index contributed by atoms with van der Waals surface area (Å²) < 4.78 is 11.0. The van der Waals surface area contributed by atoms with Crippen molar-refractivity contribution in [3.63, 3.8) is 0 Å². The van der Waals surface area contributed by atoms with Crippen LogP contribution >= 0.6 is 0 Å². The zero-order valence-corrected chi connectivity index (χ0v) is 16.9. The van der Waals surface area contributed by atoms with Crippen molar-refractivity contribution in [1.82, 2.24) is 0 Å². The number of hydrogen-bond donors (Lipinski definition) is 0. The number of carbonyl (C=O) groups is 4. The van der Waals surface area contributed by atoms with E-state index in [1.165, 1.54) is 38.5 Å². The highest BCUT2D eigenvalue weighted by Crippen LogP contribution is 2.67. The first-order chi connectivity index (χ1) is 14.2. The van der Waals surface area contributed by atoms with Gasteiger partial charge in [-0.1, -0.05) is 0 Å². The van der Waals surface area contributed by atoms with E-state index in [-0.39, 0.29) is 0 Å². The average Bonchev–Trinajstić information content (AvgIpc) is 2.73. The Morgan fingerprint density at radius 3 is 1.07 bits per heavy atom. The first-order valence-electron chi connectivity index (χ1n) is 9.51. The Labute approximate surface area is 172 Å². The van der Waals surface area contributed by atoms with Gasteiger partial charge in [-0.15, -0.1) is 0 Å². The Balaban J connectivity index is 1.98. The van der Waals surface area contributed by atoms with Gasteiger partial charge < -0.3 is 9.47 Å². The third-order valence-electron chi connectivity index (χ3n) is 6.92. The summed E-state index contributed by atoms with van der Waals surface area (Å²) in [5.74, 6) is -1.37. The first-order valence-corrected chi connectivity index (χ1v) is 9.51. The van der Waals surface area contributed by atoms with Gasteiger partial charge in [0.05, 0.1) is 14.2 Å². The summed E-state index contributed by atoms with van der Waals surface area (Å²) in [6, 6.07) is 3.70. The number of hydrogen-bond acceptors (Lipinski definition) is 6. The highest BCUT2D eigenvalue weighted by molar-refractivity contribution is 6.48. The predicted molar refractivity (Wildman–Crippen MR) is 107 cm³/mol. The lowest BCUT2D eigenvalue weighted by Crippen LogP contribution is -2.53. The van der Waals surface area contributed by atoms with Crippen LogP contribution < -0.4 is 9.47 Å². The van der Waals surface area contributed by atoms with Crippen LogP contribution in [0, 0.1) is 0 Å². The van der Waals surface area contributed by atoms with Crippen LogP contribution in [0.5, 0.6) is 11.5 Å². The summed E-state index contributed by atoms with van der Waals surface area (Å²) in [5, 5.41) is 0. The van der Waals surface area contributed by atoms with Crippen molar-refractivity contribution in [1.29, 1.82) is 0 Å². The van der Waals surface area contributed by atoms with E-state index in [1.807, 2.05) is 26.0 Å². The lowest BCUT2D eigenvalue weighted by Gasteiger charge is -2.58. The fourth-order valence-corrected chi connectivity index (χ4v) is 5.35. The third kappa shape index (κ3) is 1.89. The summed E-state index contributed by atoms with van der Waals surface area (Å²) in [7, 11) is 3.08. The van der Waals surface area contributed by atoms with Gasteiger partial charge in [0, 0.05) is 10.8 Å². The number of benzene rings is 1. The van der Waals surface area contributed by atoms with E-state index >= 15 is 0 Å². The fourth-order valence-electron chi connectivity index (χ4n) is 5.35. The van der Waals surface area contributed by atoms with Crippen molar-refractivity contribution in [2.45, 2.75) is 24.7 Å². The van der Waals surface area contributed by atoms with Crippen molar-refractivity contribution < 1.29 is 28.7 Å². The molecule has 6 heteroatoms. The number of methoxy groups -OCH3 is 2. The van der Waals surface area contributed by atoms with Crippen LogP contribution in [0.25, 0.3) is 0 Å². The van der Waals surface area contributed by atoms with Crippen LogP contribution in [0.4, 0.5) is 0 Å². The standard InChI is InChI=1S/C24H18O6/c1-23-11-5-17(25)19(27)7-13(11)24(2,14-8-20(28)18(26)6-12(14)23)16-10-22(30-4)21(29-3)9-15(16)23/h5-10H,1-4H3. The Morgan fingerprint density at radius 2 is 0.833 bits per heavy atom. The summed E-state index contributed by atoms with van der Waals surface area (Å²) in [4.78, 5) is 49.3. The fraction of sp³-hybridized carbons (Fsp3) is 0.250. The zero-order valence-electron chi connectivity index (χ0n) is 16.9. The quantitative estimate of drug-likeness (QED) is 0.557. The smallest absolute Gasteiger partial charge is 0.226 e. The molecule has 5 aliphatic carbocycles. The van der Waals surface area contributed by atoms with Gasteiger partial charge in [-0.2, -0.15) is 0 Å². The average molecular weight is 402 g/mol. The SMILES string of the molecule is COc1cc2c(cc1OC)C1(C)C3=CC(=O)C(=O)C=C3C2(C)C2=CC(=O)C(=O)C=C21. The summed E-state index contributed by atoms with van der Waals surface area (Å²) in [6.45, 7) is 3.81. The molecular weight excluding hydrogens is 384 g/mol. The summed E-state index contributed by atoms with van der Waals surface area (Å²) in [5.41, 5.74) is 2.55. The molecule has 1 aromatic carbocycles. The molecule has 1 aromatic rings. The zero-order chi connectivity index (χ0) is 21.6. The van der Waals surface area contributed by atoms with Crippen LogP contribution in [0.3, 0.4) is 0 Å². The predicted octanol–water partition coefficient (Wildman–Crippen LogP) is 2.26. The van der Waals surface area contributed by atoms with Gasteiger partial charge in [-0.3, -0.25) is 19.2 Å². The maximum Gasteiger partial charge on any atom is 0.226 e. The number of ether oxygens (including phenoxy) is 2. The molecule has 6 nitrogen and oxygen atoms in total. The minimum absolute atomic E-state index is 0.516. The molecule has 0 aromatic heterocycles. The number of carbonyl (C=O) groups excluding carboxylic acids is 4. The van der Waals surface area contributed by atoms with Gasteiger partial charge in [0.25, 0.3) is 0 Å². The molecule has 6 rings (SSSR count). The first kappa shape index (κ1) is 18.5. The molecule has 1 fully saturated rings. The van der Waals surface area contributed by atoms with E-state index in [1.54, 1.807) is 0 Å². The molecule has 0 atom stereocenters. The lowest BCUT2D eigenvalue weighted by molar-refractivity contribution is -0.131. The van der Waals surface area contributed by atoms with Gasteiger partial charge >= 0.3 is 0 Å². The molecule has 30 heavy (non-hydrogen) atoms. The maximum atomic E-state index is 12.3. The molecule has 150 valence electrons. The molecule has 0 unspecified atom stereocenters. The topological polar surface area (TPSA) is 86.7 Å². The van der Waals surface area contributed by atoms with Gasteiger partial charge in [0.1, 0.15) is 0 Å². The van der Waals surface area contributed by atoms with E-state index < -0.39 is 34.0 Å². The second-order valence-electron chi connectivity index (χ2n) is 8.19. The molecule has 1 saturated carbocycles. The molecule has 0 aliphatic heterocycles. The van der Waals surface area contributed by atoms with Gasteiger partial charge in [0.15, 0.2) is 11.5 Å². The Kier molecular flexibility index (Phi) is 3.41. The number of allylic oxidation sites excluding steroid dienone is 8. The highest BCUT2D eigenvalue weighted by Gasteiger charge is 2.61. The Hall–Kier alpha value is -3.54.